The zero-order valence-electron chi connectivity index (χ0n) is 11.1. The second-order valence-corrected chi connectivity index (χ2v) is 4.57. The summed E-state index contributed by atoms with van der Waals surface area (Å²) in [5, 5.41) is 5.15. The van der Waals surface area contributed by atoms with Crippen LogP contribution in [0.2, 0.25) is 0 Å². The van der Waals surface area contributed by atoms with E-state index in [4.69, 9.17) is 0 Å². The predicted molar refractivity (Wildman–Crippen MR) is 73.3 cm³/mol. The summed E-state index contributed by atoms with van der Waals surface area (Å²) >= 11 is 0. The molecule has 0 saturated heterocycles. The molecule has 3 rings (SSSR count). The lowest BCUT2D eigenvalue weighted by Crippen LogP contribution is -2.27. The van der Waals surface area contributed by atoms with Crippen molar-refractivity contribution in [2.24, 2.45) is 0 Å². The van der Waals surface area contributed by atoms with Crippen LogP contribution in [0.1, 0.15) is 16.1 Å². The Balaban J connectivity index is 1.78. The molecule has 0 saturated carbocycles. The van der Waals surface area contributed by atoms with Crippen molar-refractivity contribution < 1.29 is 13.6 Å². The van der Waals surface area contributed by atoms with Crippen molar-refractivity contribution in [3.63, 3.8) is 0 Å². The lowest BCUT2D eigenvalue weighted by atomic mass is 10.2. The molecule has 0 unspecified atom stereocenters. The highest BCUT2D eigenvalue weighted by Gasteiger charge is 2.11. The molecule has 0 fully saturated rings. The topological polar surface area (TPSA) is 79.3 Å². The highest BCUT2D eigenvalue weighted by molar-refractivity contribution is 5.92. The highest BCUT2D eigenvalue weighted by Crippen LogP contribution is 2.08. The monoisotopic (exact) mass is 304 g/mol. The molecule has 2 N–H and O–H groups in total. The second-order valence-electron chi connectivity index (χ2n) is 4.57. The van der Waals surface area contributed by atoms with Crippen molar-refractivity contribution in [2.75, 3.05) is 0 Å². The van der Waals surface area contributed by atoms with Gasteiger partial charge in [0.2, 0.25) is 0 Å². The maximum atomic E-state index is 13.1. The fourth-order valence-corrected chi connectivity index (χ4v) is 1.97. The van der Waals surface area contributed by atoms with Crippen molar-refractivity contribution >= 4 is 11.6 Å². The van der Waals surface area contributed by atoms with E-state index in [-0.39, 0.29) is 12.2 Å². The molecule has 0 atom stereocenters. The molecule has 0 aliphatic carbocycles. The standard InChI is InChI=1S/C14H10F2N4O2/c15-9-2-1-8(5-10(9)16)7-17-14(22)11-6-13(21)20-12(19-11)3-4-18-20/h1-6,18H,7H2,(H,17,22). The molecule has 2 heterocycles. The summed E-state index contributed by atoms with van der Waals surface area (Å²) in [6.07, 6.45) is 1.52. The second kappa shape index (κ2) is 5.40. The predicted octanol–water partition coefficient (Wildman–Crippen LogP) is 1.23. The summed E-state index contributed by atoms with van der Waals surface area (Å²) in [6, 6.07) is 5.97. The minimum Gasteiger partial charge on any atom is -0.347 e. The number of rotatable bonds is 3. The first-order chi connectivity index (χ1) is 10.5. The van der Waals surface area contributed by atoms with Gasteiger partial charge in [-0.2, -0.15) is 0 Å². The maximum absolute atomic E-state index is 13.1. The molecule has 0 radical (unpaired) electrons. The fourth-order valence-electron chi connectivity index (χ4n) is 1.97. The SMILES string of the molecule is O=C(NCc1ccc(F)c(F)c1)c1cc(=O)n2[nH]ccc2n1. The van der Waals surface area contributed by atoms with Gasteiger partial charge in [0.1, 0.15) is 5.69 Å². The van der Waals surface area contributed by atoms with Crippen LogP contribution in [0, 0.1) is 11.6 Å². The van der Waals surface area contributed by atoms with Crippen molar-refractivity contribution in [1.29, 1.82) is 0 Å². The van der Waals surface area contributed by atoms with Crippen LogP contribution in [0.15, 0.2) is 41.3 Å². The molecule has 112 valence electrons. The molecule has 6 nitrogen and oxygen atoms in total. The van der Waals surface area contributed by atoms with Crippen molar-refractivity contribution in [3.05, 3.63) is 69.8 Å². The van der Waals surface area contributed by atoms with E-state index in [0.717, 1.165) is 18.2 Å². The Hall–Kier alpha value is -3.03. The third-order valence-corrected chi connectivity index (χ3v) is 3.05. The Kier molecular flexibility index (Phi) is 3.42. The van der Waals surface area contributed by atoms with Crippen LogP contribution in [0.4, 0.5) is 8.78 Å². The number of nitrogens with zero attached hydrogens (tertiary/aromatic N) is 2. The lowest BCUT2D eigenvalue weighted by Gasteiger charge is -2.05. The number of fused-ring (bicyclic) bond motifs is 1. The summed E-state index contributed by atoms with van der Waals surface area (Å²) < 4.78 is 27.1. The number of H-pyrrole nitrogens is 1. The Morgan fingerprint density at radius 1 is 1.23 bits per heavy atom. The molecule has 0 bridgehead atoms. The van der Waals surface area contributed by atoms with Gasteiger partial charge in [0.25, 0.3) is 11.5 Å². The number of carbonyl (C=O) groups excluding carboxylic acids is 1. The molecular formula is C14H10F2N4O2. The van der Waals surface area contributed by atoms with Crippen LogP contribution in [-0.2, 0) is 6.54 Å². The number of benzene rings is 1. The maximum Gasteiger partial charge on any atom is 0.273 e. The zero-order chi connectivity index (χ0) is 15.7. The van der Waals surface area contributed by atoms with Crippen LogP contribution in [0.3, 0.4) is 0 Å². The van der Waals surface area contributed by atoms with E-state index >= 15 is 0 Å². The van der Waals surface area contributed by atoms with Crippen molar-refractivity contribution in [1.82, 2.24) is 19.9 Å². The molecule has 2 aromatic heterocycles. The molecule has 0 aliphatic rings. The van der Waals surface area contributed by atoms with Crippen molar-refractivity contribution in [2.45, 2.75) is 6.54 Å². The molecule has 0 aliphatic heterocycles. The zero-order valence-corrected chi connectivity index (χ0v) is 11.1. The Morgan fingerprint density at radius 2 is 2.05 bits per heavy atom. The normalized spacial score (nSPS) is 10.8. The third-order valence-electron chi connectivity index (χ3n) is 3.05. The number of hydrogen-bond donors (Lipinski definition) is 2. The van der Waals surface area contributed by atoms with Gasteiger partial charge in [-0.05, 0) is 17.7 Å². The number of halogens is 2. The average molecular weight is 304 g/mol. The van der Waals surface area contributed by atoms with E-state index < -0.39 is 23.1 Å². The highest BCUT2D eigenvalue weighted by atomic mass is 19.2. The molecule has 1 amide bonds. The Bertz CT molecular complexity index is 917. The molecule has 8 heteroatoms. The first kappa shape index (κ1) is 13.9. The van der Waals surface area contributed by atoms with Crippen LogP contribution < -0.4 is 10.9 Å². The number of aromatic nitrogens is 3. The molecule has 0 spiro atoms. The minimum atomic E-state index is -0.989. The fraction of sp³-hybridized carbons (Fsp3) is 0.0714. The number of carbonyl (C=O) groups is 1. The largest absolute Gasteiger partial charge is 0.347 e. The van der Waals surface area contributed by atoms with Crippen LogP contribution in [0.25, 0.3) is 5.65 Å². The van der Waals surface area contributed by atoms with Gasteiger partial charge in [-0.1, -0.05) is 6.07 Å². The Morgan fingerprint density at radius 3 is 2.82 bits per heavy atom. The number of amides is 1. The first-order valence-corrected chi connectivity index (χ1v) is 6.34. The third kappa shape index (κ3) is 2.58. The molecule has 22 heavy (non-hydrogen) atoms. The minimum absolute atomic E-state index is 0.00970. The van der Waals surface area contributed by atoms with E-state index in [9.17, 15) is 18.4 Å². The quantitative estimate of drug-likeness (QED) is 0.764. The smallest absolute Gasteiger partial charge is 0.273 e. The van der Waals surface area contributed by atoms with Gasteiger partial charge in [-0.15, -0.1) is 0 Å². The van der Waals surface area contributed by atoms with Gasteiger partial charge in [0.05, 0.1) is 0 Å². The van der Waals surface area contributed by atoms with E-state index in [2.05, 4.69) is 15.4 Å². The van der Waals surface area contributed by atoms with E-state index in [1.807, 2.05) is 0 Å². The van der Waals surface area contributed by atoms with Crippen LogP contribution in [0.5, 0.6) is 0 Å². The van der Waals surface area contributed by atoms with Gasteiger partial charge < -0.3 is 5.32 Å². The van der Waals surface area contributed by atoms with E-state index in [1.165, 1.54) is 16.8 Å². The summed E-state index contributed by atoms with van der Waals surface area (Å²) in [4.78, 5) is 27.8. The number of hydrogen-bond acceptors (Lipinski definition) is 3. The Labute approximate surface area is 122 Å². The molecule has 1 aromatic carbocycles. The van der Waals surface area contributed by atoms with Gasteiger partial charge in [0.15, 0.2) is 17.3 Å². The van der Waals surface area contributed by atoms with E-state index in [0.29, 0.717) is 11.2 Å². The first-order valence-electron chi connectivity index (χ1n) is 6.34. The number of aromatic amines is 1. The van der Waals surface area contributed by atoms with Gasteiger partial charge in [-0.3, -0.25) is 14.7 Å². The summed E-state index contributed by atoms with van der Waals surface area (Å²) in [6.45, 7) is -0.00970. The summed E-state index contributed by atoms with van der Waals surface area (Å²) in [5.41, 5.74) is 0.234. The van der Waals surface area contributed by atoms with Crippen LogP contribution >= 0.6 is 0 Å². The van der Waals surface area contributed by atoms with Crippen molar-refractivity contribution in [3.8, 4) is 0 Å². The van der Waals surface area contributed by atoms with Gasteiger partial charge in [-0.25, -0.2) is 18.3 Å². The number of nitrogens with one attached hydrogen (secondary N) is 2. The molecular weight excluding hydrogens is 294 g/mol. The summed E-state index contributed by atoms with van der Waals surface area (Å²) in [7, 11) is 0. The lowest BCUT2D eigenvalue weighted by molar-refractivity contribution is 0.0946. The van der Waals surface area contributed by atoms with Gasteiger partial charge >= 0.3 is 0 Å². The molecule has 3 aromatic rings. The van der Waals surface area contributed by atoms with Gasteiger partial charge in [0, 0.05) is 24.9 Å². The van der Waals surface area contributed by atoms with E-state index in [1.54, 1.807) is 6.07 Å². The van der Waals surface area contributed by atoms with Crippen LogP contribution in [-0.4, -0.2) is 20.5 Å². The average Bonchev–Trinajstić information content (AvgIpc) is 2.97. The summed E-state index contributed by atoms with van der Waals surface area (Å²) in [5.74, 6) is -2.52.